The third kappa shape index (κ3) is 5.17. The molecule has 2 aromatic rings. The fourth-order valence-electron chi connectivity index (χ4n) is 3.14. The number of anilines is 1. The van der Waals surface area contributed by atoms with E-state index in [9.17, 15) is 21.6 Å². The lowest BCUT2D eigenvalue weighted by atomic mass is 9.91. The van der Waals surface area contributed by atoms with Crippen LogP contribution in [0.4, 0.5) is 18.9 Å². The molecule has 9 heteroatoms. The second kappa shape index (κ2) is 8.00. The summed E-state index contributed by atoms with van der Waals surface area (Å²) in [6, 6.07) is 11.2. The summed E-state index contributed by atoms with van der Waals surface area (Å²) in [5, 5.41) is 0. The van der Waals surface area contributed by atoms with E-state index in [2.05, 4.69) is 21.3 Å². The van der Waals surface area contributed by atoms with Crippen LogP contribution in [0.15, 0.2) is 53.4 Å². The van der Waals surface area contributed by atoms with E-state index in [0.717, 1.165) is 55.9 Å². The SMILES string of the molecule is CCCN1CC(c2ccc(NS(=O)(=O)c3ccc(OC(F)(F)F)cc3)cc2)C1. The van der Waals surface area contributed by atoms with E-state index in [0.29, 0.717) is 11.6 Å². The molecule has 1 fully saturated rings. The minimum atomic E-state index is -4.83. The van der Waals surface area contributed by atoms with Crippen molar-refractivity contribution in [1.29, 1.82) is 0 Å². The topological polar surface area (TPSA) is 58.6 Å². The smallest absolute Gasteiger partial charge is 0.406 e. The minimum absolute atomic E-state index is 0.152. The summed E-state index contributed by atoms with van der Waals surface area (Å²) in [6.45, 7) is 5.24. The summed E-state index contributed by atoms with van der Waals surface area (Å²) in [5.74, 6) is -0.0215. The number of sulfonamides is 1. The van der Waals surface area contributed by atoms with Crippen molar-refractivity contribution in [1.82, 2.24) is 4.90 Å². The number of nitrogens with one attached hydrogen (secondary N) is 1. The zero-order valence-corrected chi connectivity index (χ0v) is 16.1. The molecule has 28 heavy (non-hydrogen) atoms. The van der Waals surface area contributed by atoms with Gasteiger partial charge in [0.05, 0.1) is 4.90 Å². The quantitative estimate of drug-likeness (QED) is 0.738. The maximum Gasteiger partial charge on any atom is 0.573 e. The predicted molar refractivity (Wildman–Crippen MR) is 99.8 cm³/mol. The van der Waals surface area contributed by atoms with Crippen LogP contribution in [0.25, 0.3) is 0 Å². The fourth-order valence-corrected chi connectivity index (χ4v) is 4.20. The van der Waals surface area contributed by atoms with Crippen molar-refractivity contribution in [3.63, 3.8) is 0 Å². The van der Waals surface area contributed by atoms with Crippen LogP contribution >= 0.6 is 0 Å². The first kappa shape index (κ1) is 20.5. The van der Waals surface area contributed by atoms with E-state index in [1.54, 1.807) is 12.1 Å². The first-order valence-electron chi connectivity index (χ1n) is 8.87. The third-order valence-corrected chi connectivity index (χ3v) is 5.90. The minimum Gasteiger partial charge on any atom is -0.406 e. The van der Waals surface area contributed by atoms with Gasteiger partial charge in [0.1, 0.15) is 5.75 Å². The summed E-state index contributed by atoms with van der Waals surface area (Å²) in [5.41, 5.74) is 1.55. The highest BCUT2D eigenvalue weighted by Crippen LogP contribution is 2.29. The molecule has 1 heterocycles. The molecule has 0 spiro atoms. The van der Waals surface area contributed by atoms with Gasteiger partial charge in [-0.25, -0.2) is 8.42 Å². The largest absolute Gasteiger partial charge is 0.573 e. The van der Waals surface area contributed by atoms with Crippen LogP contribution in [-0.4, -0.2) is 39.3 Å². The van der Waals surface area contributed by atoms with Crippen molar-refractivity contribution in [2.24, 2.45) is 0 Å². The molecular formula is C19H21F3N2O3S. The van der Waals surface area contributed by atoms with E-state index in [-0.39, 0.29) is 4.90 Å². The summed E-state index contributed by atoms with van der Waals surface area (Å²) in [4.78, 5) is 2.22. The molecule has 0 amide bonds. The average molecular weight is 414 g/mol. The number of alkyl halides is 3. The maximum absolute atomic E-state index is 12.4. The zero-order valence-electron chi connectivity index (χ0n) is 15.2. The number of hydrogen-bond acceptors (Lipinski definition) is 4. The van der Waals surface area contributed by atoms with Crippen molar-refractivity contribution in [2.45, 2.75) is 30.5 Å². The van der Waals surface area contributed by atoms with Gasteiger partial charge in [-0.15, -0.1) is 13.2 Å². The molecule has 0 bridgehead atoms. The van der Waals surface area contributed by atoms with Gasteiger partial charge in [0, 0.05) is 24.7 Å². The average Bonchev–Trinajstić information content (AvgIpc) is 2.57. The second-order valence-electron chi connectivity index (χ2n) is 6.70. The number of rotatable bonds is 7. The van der Waals surface area contributed by atoms with Gasteiger partial charge in [-0.05, 0) is 54.9 Å². The van der Waals surface area contributed by atoms with E-state index < -0.39 is 22.1 Å². The molecule has 0 aliphatic carbocycles. The summed E-state index contributed by atoms with van der Waals surface area (Å²) in [7, 11) is -3.91. The van der Waals surface area contributed by atoms with E-state index in [1.807, 2.05) is 12.1 Å². The Bertz CT molecular complexity index is 892. The maximum atomic E-state index is 12.4. The van der Waals surface area contributed by atoms with Gasteiger partial charge in [0.25, 0.3) is 10.0 Å². The molecule has 0 saturated carbocycles. The number of benzene rings is 2. The first-order chi connectivity index (χ1) is 13.2. The molecular weight excluding hydrogens is 393 g/mol. The van der Waals surface area contributed by atoms with Gasteiger partial charge in [0.2, 0.25) is 0 Å². The second-order valence-corrected chi connectivity index (χ2v) is 8.39. The Morgan fingerprint density at radius 2 is 1.68 bits per heavy atom. The van der Waals surface area contributed by atoms with E-state index in [1.165, 1.54) is 0 Å². The number of likely N-dealkylation sites (tertiary alicyclic amines) is 1. The molecule has 2 aromatic carbocycles. The number of ether oxygens (including phenoxy) is 1. The standard InChI is InChI=1S/C19H21F3N2O3S/c1-2-11-24-12-15(13-24)14-3-5-16(6-4-14)23-28(25,26)18-9-7-17(8-10-18)27-19(20,21)22/h3-10,15,23H,2,11-13H2,1H3. The van der Waals surface area contributed by atoms with Crippen LogP contribution in [0.1, 0.15) is 24.8 Å². The van der Waals surface area contributed by atoms with Gasteiger partial charge in [-0.1, -0.05) is 19.1 Å². The van der Waals surface area contributed by atoms with Crippen LogP contribution in [0.5, 0.6) is 5.75 Å². The molecule has 0 aromatic heterocycles. The van der Waals surface area contributed by atoms with Crippen molar-refractivity contribution in [2.75, 3.05) is 24.4 Å². The van der Waals surface area contributed by atoms with Crippen molar-refractivity contribution >= 4 is 15.7 Å². The van der Waals surface area contributed by atoms with Crippen LogP contribution in [-0.2, 0) is 10.0 Å². The van der Waals surface area contributed by atoms with Crippen LogP contribution < -0.4 is 9.46 Å². The Kier molecular flexibility index (Phi) is 5.85. The van der Waals surface area contributed by atoms with Gasteiger partial charge in [-0.2, -0.15) is 0 Å². The lowest BCUT2D eigenvalue weighted by molar-refractivity contribution is -0.274. The highest BCUT2D eigenvalue weighted by atomic mass is 32.2. The van der Waals surface area contributed by atoms with Crippen molar-refractivity contribution < 1.29 is 26.3 Å². The summed E-state index contributed by atoms with van der Waals surface area (Å²) < 4.78 is 67.6. The third-order valence-electron chi connectivity index (χ3n) is 4.50. The number of halogens is 3. The zero-order chi connectivity index (χ0) is 20.4. The molecule has 0 atom stereocenters. The molecule has 1 saturated heterocycles. The molecule has 1 aliphatic rings. The van der Waals surface area contributed by atoms with Gasteiger partial charge < -0.3 is 9.64 Å². The Balaban J connectivity index is 1.62. The Hall–Kier alpha value is -2.26. The van der Waals surface area contributed by atoms with E-state index in [4.69, 9.17) is 0 Å². The lowest BCUT2D eigenvalue weighted by Gasteiger charge is -2.39. The predicted octanol–water partition coefficient (Wildman–Crippen LogP) is 4.20. The lowest BCUT2D eigenvalue weighted by Crippen LogP contribution is -2.45. The van der Waals surface area contributed by atoms with Crippen LogP contribution in [0.3, 0.4) is 0 Å². The molecule has 0 radical (unpaired) electrons. The highest BCUT2D eigenvalue weighted by molar-refractivity contribution is 7.92. The summed E-state index contributed by atoms with van der Waals surface area (Å²) in [6.07, 6.45) is -3.70. The normalized spacial score (nSPS) is 15.9. The molecule has 152 valence electrons. The molecule has 0 unspecified atom stereocenters. The van der Waals surface area contributed by atoms with Crippen molar-refractivity contribution in [3.05, 3.63) is 54.1 Å². The Morgan fingerprint density at radius 1 is 1.07 bits per heavy atom. The van der Waals surface area contributed by atoms with Gasteiger partial charge in [0.15, 0.2) is 0 Å². The molecule has 1 N–H and O–H groups in total. The number of hydrogen-bond donors (Lipinski definition) is 1. The summed E-state index contributed by atoms with van der Waals surface area (Å²) >= 11 is 0. The molecule has 5 nitrogen and oxygen atoms in total. The highest BCUT2D eigenvalue weighted by Gasteiger charge is 2.31. The number of nitrogens with zero attached hydrogens (tertiary/aromatic N) is 1. The fraction of sp³-hybridized carbons (Fsp3) is 0.368. The van der Waals surface area contributed by atoms with E-state index >= 15 is 0 Å². The Morgan fingerprint density at radius 3 is 2.21 bits per heavy atom. The van der Waals surface area contributed by atoms with Crippen molar-refractivity contribution in [3.8, 4) is 5.75 Å². The van der Waals surface area contributed by atoms with Gasteiger partial charge >= 0.3 is 6.36 Å². The molecule has 1 aliphatic heterocycles. The van der Waals surface area contributed by atoms with Crippen LogP contribution in [0.2, 0.25) is 0 Å². The first-order valence-corrected chi connectivity index (χ1v) is 10.4. The Labute approximate surface area is 162 Å². The molecule has 3 rings (SSSR count). The van der Waals surface area contributed by atoms with Gasteiger partial charge in [-0.3, -0.25) is 4.72 Å². The monoisotopic (exact) mass is 414 g/mol. The van der Waals surface area contributed by atoms with Crippen LogP contribution in [0, 0.1) is 0 Å².